The lowest BCUT2D eigenvalue weighted by molar-refractivity contribution is 1.18. The Bertz CT molecular complexity index is 1930. The standard InChI is InChI=1S/C29H17N3/c1-4-10-25-19(7-1)20-8-2-5-11-26(20)31(25)18-13-14-28-22(15-18)24-17-30-16-23-21-9-3-6-12-27(21)32(28)29(23)24/h1-17H. The van der Waals surface area contributed by atoms with Crippen molar-refractivity contribution in [3.8, 4) is 5.69 Å². The van der Waals surface area contributed by atoms with Crippen molar-refractivity contribution in [3.05, 3.63) is 103 Å². The van der Waals surface area contributed by atoms with E-state index in [4.69, 9.17) is 0 Å². The fourth-order valence-corrected chi connectivity index (χ4v) is 5.63. The van der Waals surface area contributed by atoms with Gasteiger partial charge < -0.3 is 8.97 Å². The third-order valence-electron chi connectivity index (χ3n) is 6.93. The molecule has 0 amide bonds. The van der Waals surface area contributed by atoms with E-state index < -0.39 is 0 Å². The minimum absolute atomic E-state index is 1.17. The first-order chi connectivity index (χ1) is 15.9. The molecule has 3 heteroatoms. The number of aromatic nitrogens is 3. The average Bonchev–Trinajstić information content (AvgIpc) is 3.49. The molecule has 0 fully saturated rings. The third-order valence-corrected chi connectivity index (χ3v) is 6.93. The molecule has 8 rings (SSSR count). The van der Waals surface area contributed by atoms with Gasteiger partial charge in [-0.05, 0) is 36.4 Å². The number of para-hydroxylation sites is 3. The van der Waals surface area contributed by atoms with E-state index in [0.29, 0.717) is 0 Å². The van der Waals surface area contributed by atoms with Gasteiger partial charge in [0.25, 0.3) is 0 Å². The zero-order valence-corrected chi connectivity index (χ0v) is 17.2. The van der Waals surface area contributed by atoms with Crippen LogP contribution >= 0.6 is 0 Å². The molecule has 148 valence electrons. The Morgan fingerprint density at radius 3 is 1.69 bits per heavy atom. The van der Waals surface area contributed by atoms with Gasteiger partial charge in [-0.3, -0.25) is 4.98 Å². The second-order valence-electron chi connectivity index (χ2n) is 8.51. The minimum atomic E-state index is 1.17. The van der Waals surface area contributed by atoms with Crippen LogP contribution in [0.25, 0.3) is 65.6 Å². The quantitative estimate of drug-likeness (QED) is 0.279. The summed E-state index contributed by atoms with van der Waals surface area (Å²) in [7, 11) is 0. The highest BCUT2D eigenvalue weighted by Crippen LogP contribution is 2.40. The second kappa shape index (κ2) is 5.65. The van der Waals surface area contributed by atoms with E-state index in [9.17, 15) is 0 Å². The Morgan fingerprint density at radius 2 is 1.00 bits per heavy atom. The van der Waals surface area contributed by atoms with Crippen LogP contribution in [0.15, 0.2) is 103 Å². The highest BCUT2D eigenvalue weighted by molar-refractivity contribution is 6.23. The van der Waals surface area contributed by atoms with Crippen LogP contribution in [0, 0.1) is 0 Å². The van der Waals surface area contributed by atoms with Crippen molar-refractivity contribution in [2.75, 3.05) is 0 Å². The number of hydrogen-bond donors (Lipinski definition) is 0. The van der Waals surface area contributed by atoms with Crippen LogP contribution in [-0.4, -0.2) is 14.0 Å². The van der Waals surface area contributed by atoms with Gasteiger partial charge in [0, 0.05) is 50.4 Å². The molecular formula is C29H17N3. The molecule has 4 heterocycles. The molecule has 0 unspecified atom stereocenters. The maximum Gasteiger partial charge on any atom is 0.0651 e. The molecule has 0 atom stereocenters. The fraction of sp³-hybridized carbons (Fsp3) is 0. The summed E-state index contributed by atoms with van der Waals surface area (Å²) in [5.41, 5.74) is 7.36. The first-order valence-corrected chi connectivity index (χ1v) is 10.9. The maximum absolute atomic E-state index is 4.61. The van der Waals surface area contributed by atoms with Gasteiger partial charge in [-0.15, -0.1) is 0 Å². The van der Waals surface area contributed by atoms with Crippen molar-refractivity contribution >= 4 is 59.9 Å². The molecule has 0 aliphatic rings. The van der Waals surface area contributed by atoms with E-state index in [-0.39, 0.29) is 0 Å². The zero-order valence-electron chi connectivity index (χ0n) is 17.2. The topological polar surface area (TPSA) is 22.2 Å². The smallest absolute Gasteiger partial charge is 0.0651 e. The van der Waals surface area contributed by atoms with Crippen molar-refractivity contribution in [1.29, 1.82) is 0 Å². The Hall–Kier alpha value is -4.37. The number of rotatable bonds is 1. The molecule has 32 heavy (non-hydrogen) atoms. The van der Waals surface area contributed by atoms with Gasteiger partial charge in [-0.25, -0.2) is 0 Å². The molecule has 4 aromatic carbocycles. The predicted octanol–water partition coefficient (Wildman–Crippen LogP) is 7.33. The number of pyridine rings is 1. The lowest BCUT2D eigenvalue weighted by Crippen LogP contribution is -1.93. The molecule has 0 saturated carbocycles. The highest BCUT2D eigenvalue weighted by atomic mass is 15.0. The molecular weight excluding hydrogens is 390 g/mol. The van der Waals surface area contributed by atoms with E-state index in [1.165, 1.54) is 65.6 Å². The Labute approximate surface area is 183 Å². The van der Waals surface area contributed by atoms with E-state index >= 15 is 0 Å². The molecule has 0 spiro atoms. The number of benzene rings is 4. The first-order valence-electron chi connectivity index (χ1n) is 10.9. The molecule has 0 aliphatic carbocycles. The normalized spacial score (nSPS) is 12.4. The van der Waals surface area contributed by atoms with Gasteiger partial charge in [-0.2, -0.15) is 0 Å². The molecule has 0 saturated heterocycles. The number of nitrogens with zero attached hydrogens (tertiary/aromatic N) is 3. The summed E-state index contributed by atoms with van der Waals surface area (Å²) in [4.78, 5) is 4.61. The summed E-state index contributed by atoms with van der Waals surface area (Å²) in [5, 5.41) is 7.48. The van der Waals surface area contributed by atoms with Crippen molar-refractivity contribution < 1.29 is 0 Å². The van der Waals surface area contributed by atoms with E-state index in [1.807, 2.05) is 12.4 Å². The predicted molar refractivity (Wildman–Crippen MR) is 133 cm³/mol. The van der Waals surface area contributed by atoms with Crippen molar-refractivity contribution in [2.24, 2.45) is 0 Å². The molecule has 4 aromatic heterocycles. The van der Waals surface area contributed by atoms with Crippen molar-refractivity contribution in [3.63, 3.8) is 0 Å². The van der Waals surface area contributed by atoms with Gasteiger partial charge >= 0.3 is 0 Å². The number of fused-ring (bicyclic) bond motifs is 9. The fourth-order valence-electron chi connectivity index (χ4n) is 5.63. The summed E-state index contributed by atoms with van der Waals surface area (Å²) >= 11 is 0. The van der Waals surface area contributed by atoms with E-state index in [0.717, 1.165) is 0 Å². The Kier molecular flexibility index (Phi) is 2.89. The van der Waals surface area contributed by atoms with Crippen LogP contribution in [0.5, 0.6) is 0 Å². The van der Waals surface area contributed by atoms with E-state index in [1.54, 1.807) is 0 Å². The second-order valence-corrected chi connectivity index (χ2v) is 8.51. The Morgan fingerprint density at radius 1 is 0.469 bits per heavy atom. The minimum Gasteiger partial charge on any atom is -0.309 e. The van der Waals surface area contributed by atoms with Gasteiger partial charge in [0.2, 0.25) is 0 Å². The molecule has 0 N–H and O–H groups in total. The lowest BCUT2D eigenvalue weighted by atomic mass is 10.1. The van der Waals surface area contributed by atoms with Crippen LogP contribution in [0.1, 0.15) is 0 Å². The zero-order chi connectivity index (χ0) is 20.8. The van der Waals surface area contributed by atoms with Crippen LogP contribution < -0.4 is 0 Å². The van der Waals surface area contributed by atoms with Gasteiger partial charge in [0.05, 0.1) is 27.6 Å². The SMILES string of the molecule is c1ccc2c(c1)c1ccccc1n2-c1ccc2c(c1)c1cncc3c4ccccc4n2c31. The highest BCUT2D eigenvalue weighted by Gasteiger charge is 2.18. The van der Waals surface area contributed by atoms with Gasteiger partial charge in [-0.1, -0.05) is 54.6 Å². The molecule has 3 nitrogen and oxygen atoms in total. The van der Waals surface area contributed by atoms with Crippen LogP contribution in [0.4, 0.5) is 0 Å². The largest absolute Gasteiger partial charge is 0.309 e. The van der Waals surface area contributed by atoms with Crippen molar-refractivity contribution in [1.82, 2.24) is 14.0 Å². The summed E-state index contributed by atoms with van der Waals surface area (Å²) in [5.74, 6) is 0. The van der Waals surface area contributed by atoms with E-state index in [2.05, 4.69) is 105 Å². The summed E-state index contributed by atoms with van der Waals surface area (Å²) in [6, 6.07) is 32.8. The first kappa shape index (κ1) is 16.3. The molecule has 0 bridgehead atoms. The van der Waals surface area contributed by atoms with Crippen LogP contribution in [0.2, 0.25) is 0 Å². The Balaban J connectivity index is 1.54. The van der Waals surface area contributed by atoms with Crippen molar-refractivity contribution in [2.45, 2.75) is 0 Å². The molecule has 8 aromatic rings. The van der Waals surface area contributed by atoms with Crippen LogP contribution in [0.3, 0.4) is 0 Å². The summed E-state index contributed by atoms with van der Waals surface area (Å²) in [6.45, 7) is 0. The molecule has 0 radical (unpaired) electrons. The lowest BCUT2D eigenvalue weighted by Gasteiger charge is -2.08. The van der Waals surface area contributed by atoms with Gasteiger partial charge in [0.1, 0.15) is 0 Å². The average molecular weight is 407 g/mol. The van der Waals surface area contributed by atoms with Crippen LogP contribution in [-0.2, 0) is 0 Å². The third kappa shape index (κ3) is 1.85. The van der Waals surface area contributed by atoms with Gasteiger partial charge in [0.15, 0.2) is 0 Å². The molecule has 0 aliphatic heterocycles. The monoisotopic (exact) mass is 407 g/mol. The number of hydrogen-bond acceptors (Lipinski definition) is 1. The summed E-state index contributed by atoms with van der Waals surface area (Å²) < 4.78 is 4.77. The maximum atomic E-state index is 4.61. The summed E-state index contributed by atoms with van der Waals surface area (Å²) in [6.07, 6.45) is 4.01.